The molecular weight excluding hydrogens is 178 g/mol. The predicted molar refractivity (Wildman–Crippen MR) is 53.9 cm³/mol. The average Bonchev–Trinajstić information content (AvgIpc) is 2.27. The Hall–Kier alpha value is -1.77. The lowest BCUT2D eigenvalue weighted by Gasteiger charge is -2.16. The van der Waals surface area contributed by atoms with Crippen LogP contribution in [0.5, 0.6) is 0 Å². The van der Waals surface area contributed by atoms with E-state index >= 15 is 0 Å². The summed E-state index contributed by atoms with van der Waals surface area (Å²) in [6.07, 6.45) is 2.34. The van der Waals surface area contributed by atoms with Gasteiger partial charge in [-0.25, -0.2) is 4.79 Å². The topological polar surface area (TPSA) is 38.3 Å². The van der Waals surface area contributed by atoms with Gasteiger partial charge in [-0.15, -0.1) is 0 Å². The highest BCUT2D eigenvalue weighted by molar-refractivity contribution is 5.90. The lowest BCUT2D eigenvalue weighted by molar-refractivity contribution is -0.136. The van der Waals surface area contributed by atoms with E-state index in [9.17, 15) is 4.79 Å². The summed E-state index contributed by atoms with van der Waals surface area (Å²) in [5.74, 6) is -0.271. The van der Waals surface area contributed by atoms with Crippen molar-refractivity contribution in [2.45, 2.75) is 6.42 Å². The monoisotopic (exact) mass is 189 g/mol. The number of para-hydroxylation sites is 1. The quantitative estimate of drug-likeness (QED) is 0.683. The van der Waals surface area contributed by atoms with Crippen LogP contribution in [0.1, 0.15) is 5.56 Å². The van der Waals surface area contributed by atoms with E-state index < -0.39 is 0 Å². The van der Waals surface area contributed by atoms with Crippen molar-refractivity contribution in [2.75, 3.05) is 12.4 Å². The van der Waals surface area contributed by atoms with E-state index in [1.165, 1.54) is 7.11 Å². The van der Waals surface area contributed by atoms with E-state index in [1.807, 2.05) is 24.3 Å². The molecule has 0 atom stereocenters. The Bertz CT molecular complexity index is 396. The summed E-state index contributed by atoms with van der Waals surface area (Å²) < 4.78 is 4.66. The third kappa shape index (κ3) is 1.48. The highest BCUT2D eigenvalue weighted by Crippen LogP contribution is 2.23. The van der Waals surface area contributed by atoms with E-state index in [2.05, 4.69) is 10.1 Å². The molecule has 0 fully saturated rings. The van der Waals surface area contributed by atoms with Crippen molar-refractivity contribution in [3.63, 3.8) is 0 Å². The molecule has 72 valence electrons. The lowest BCUT2D eigenvalue weighted by atomic mass is 10.0. The second kappa shape index (κ2) is 3.54. The van der Waals surface area contributed by atoms with Gasteiger partial charge in [-0.1, -0.05) is 18.2 Å². The molecule has 0 aliphatic carbocycles. The van der Waals surface area contributed by atoms with E-state index in [0.717, 1.165) is 11.3 Å². The van der Waals surface area contributed by atoms with Gasteiger partial charge in [-0.2, -0.15) is 0 Å². The number of benzene rings is 1. The maximum atomic E-state index is 11.2. The lowest BCUT2D eigenvalue weighted by Crippen LogP contribution is -2.13. The van der Waals surface area contributed by atoms with Crippen LogP contribution in [0, 0.1) is 0 Å². The molecule has 0 spiro atoms. The third-order valence-corrected chi connectivity index (χ3v) is 2.25. The number of anilines is 1. The fraction of sp³-hybridized carbons (Fsp3) is 0.182. The number of carbonyl (C=O) groups excluding carboxylic acids is 1. The zero-order valence-corrected chi connectivity index (χ0v) is 7.91. The minimum Gasteiger partial charge on any atom is -0.466 e. The van der Waals surface area contributed by atoms with Gasteiger partial charge in [-0.05, 0) is 11.6 Å². The van der Waals surface area contributed by atoms with Crippen molar-refractivity contribution in [1.29, 1.82) is 0 Å². The minimum atomic E-state index is -0.271. The van der Waals surface area contributed by atoms with Crippen LogP contribution in [-0.2, 0) is 16.0 Å². The van der Waals surface area contributed by atoms with Gasteiger partial charge in [0.25, 0.3) is 0 Å². The number of hydrogen-bond donors (Lipinski definition) is 1. The molecule has 3 nitrogen and oxygen atoms in total. The first-order chi connectivity index (χ1) is 6.81. The second-order valence-electron chi connectivity index (χ2n) is 3.14. The van der Waals surface area contributed by atoms with Crippen molar-refractivity contribution < 1.29 is 9.53 Å². The molecule has 0 radical (unpaired) electrons. The van der Waals surface area contributed by atoms with Crippen LogP contribution in [0.3, 0.4) is 0 Å². The molecule has 1 aliphatic rings. The van der Waals surface area contributed by atoms with Gasteiger partial charge in [0.15, 0.2) is 0 Å². The molecular formula is C11H11NO2. The summed E-state index contributed by atoms with van der Waals surface area (Å²) in [4.78, 5) is 11.2. The van der Waals surface area contributed by atoms with Crippen molar-refractivity contribution in [3.05, 3.63) is 41.6 Å². The predicted octanol–water partition coefficient (Wildman–Crippen LogP) is 1.71. The first kappa shape index (κ1) is 8.81. The molecule has 0 unspecified atom stereocenters. The average molecular weight is 189 g/mol. The van der Waals surface area contributed by atoms with Crippen LogP contribution < -0.4 is 5.32 Å². The molecule has 1 aromatic carbocycles. The van der Waals surface area contributed by atoms with Crippen LogP contribution in [-0.4, -0.2) is 13.1 Å². The minimum absolute atomic E-state index is 0.271. The van der Waals surface area contributed by atoms with Crippen LogP contribution in [0.2, 0.25) is 0 Å². The van der Waals surface area contributed by atoms with Gasteiger partial charge in [0.1, 0.15) is 0 Å². The Labute approximate surface area is 82.4 Å². The fourth-order valence-corrected chi connectivity index (χ4v) is 1.50. The van der Waals surface area contributed by atoms with Gasteiger partial charge >= 0.3 is 5.97 Å². The summed E-state index contributed by atoms with van der Waals surface area (Å²) >= 11 is 0. The first-order valence-electron chi connectivity index (χ1n) is 4.43. The molecule has 0 bridgehead atoms. The van der Waals surface area contributed by atoms with Gasteiger partial charge in [-0.3, -0.25) is 0 Å². The van der Waals surface area contributed by atoms with Gasteiger partial charge in [0.05, 0.1) is 12.7 Å². The summed E-state index contributed by atoms with van der Waals surface area (Å²) in [6.45, 7) is 0. The molecule has 14 heavy (non-hydrogen) atoms. The van der Waals surface area contributed by atoms with Crippen LogP contribution >= 0.6 is 0 Å². The zero-order valence-electron chi connectivity index (χ0n) is 7.91. The van der Waals surface area contributed by atoms with Crippen LogP contribution in [0.4, 0.5) is 5.69 Å². The summed E-state index contributed by atoms with van der Waals surface area (Å²) in [6, 6.07) is 7.90. The molecule has 0 saturated heterocycles. The Morgan fingerprint density at radius 2 is 2.21 bits per heavy atom. The fourth-order valence-electron chi connectivity index (χ4n) is 1.50. The maximum absolute atomic E-state index is 11.2. The maximum Gasteiger partial charge on any atom is 0.335 e. The number of rotatable bonds is 1. The summed E-state index contributed by atoms with van der Waals surface area (Å²) in [5, 5.41) is 3.07. The zero-order chi connectivity index (χ0) is 9.97. The number of ether oxygens (including phenoxy) is 1. The largest absolute Gasteiger partial charge is 0.466 e. The highest BCUT2D eigenvalue weighted by atomic mass is 16.5. The number of nitrogens with one attached hydrogen (secondary N) is 1. The molecule has 0 aromatic heterocycles. The van der Waals surface area contributed by atoms with Crippen LogP contribution in [0.15, 0.2) is 36.0 Å². The number of esters is 1. The molecule has 2 rings (SSSR count). The number of methoxy groups -OCH3 is 1. The van der Waals surface area contributed by atoms with Gasteiger partial charge in [0.2, 0.25) is 0 Å². The van der Waals surface area contributed by atoms with E-state index in [0.29, 0.717) is 12.0 Å². The Balaban J connectivity index is 2.25. The Morgan fingerprint density at radius 1 is 1.43 bits per heavy atom. The number of carbonyl (C=O) groups is 1. The molecule has 1 N–H and O–H groups in total. The highest BCUT2D eigenvalue weighted by Gasteiger charge is 2.15. The van der Waals surface area contributed by atoms with E-state index in [-0.39, 0.29) is 5.97 Å². The number of fused-ring (bicyclic) bond motifs is 1. The molecule has 1 aliphatic heterocycles. The van der Waals surface area contributed by atoms with E-state index in [1.54, 1.807) is 6.20 Å². The normalized spacial score (nSPS) is 13.6. The summed E-state index contributed by atoms with van der Waals surface area (Å²) in [7, 11) is 1.39. The summed E-state index contributed by atoms with van der Waals surface area (Å²) in [5.41, 5.74) is 2.83. The molecule has 0 amide bonds. The van der Waals surface area contributed by atoms with E-state index in [4.69, 9.17) is 0 Å². The van der Waals surface area contributed by atoms with Gasteiger partial charge < -0.3 is 10.1 Å². The van der Waals surface area contributed by atoms with Gasteiger partial charge in [0, 0.05) is 18.3 Å². The molecule has 0 saturated carbocycles. The van der Waals surface area contributed by atoms with Crippen molar-refractivity contribution in [1.82, 2.24) is 0 Å². The smallest absolute Gasteiger partial charge is 0.335 e. The van der Waals surface area contributed by atoms with Crippen molar-refractivity contribution in [3.8, 4) is 0 Å². The standard InChI is InChI=1S/C11H11NO2/c1-14-11(13)9-6-8-4-2-3-5-10(8)12-7-9/h2-5,7,12H,6H2,1H3. The molecule has 3 heteroatoms. The van der Waals surface area contributed by atoms with Crippen molar-refractivity contribution in [2.24, 2.45) is 0 Å². The first-order valence-corrected chi connectivity index (χ1v) is 4.43. The number of hydrogen-bond acceptors (Lipinski definition) is 3. The molecule has 1 heterocycles. The molecule has 1 aromatic rings. The Kier molecular flexibility index (Phi) is 2.23. The second-order valence-corrected chi connectivity index (χ2v) is 3.14. The SMILES string of the molecule is COC(=O)C1=CNc2ccccc2C1. The van der Waals surface area contributed by atoms with Crippen molar-refractivity contribution >= 4 is 11.7 Å². The third-order valence-electron chi connectivity index (χ3n) is 2.25. The Morgan fingerprint density at radius 3 is 3.00 bits per heavy atom. The van der Waals surface area contributed by atoms with Crippen LogP contribution in [0.25, 0.3) is 0 Å².